The van der Waals surface area contributed by atoms with E-state index in [1.165, 1.54) is 16.0 Å². The number of carbonyl (C=O) groups excluding carboxylic acids is 1. The fraction of sp³-hybridized carbons (Fsp3) is 0.375. The summed E-state index contributed by atoms with van der Waals surface area (Å²) in [4.78, 5) is 16.9. The van der Waals surface area contributed by atoms with E-state index in [1.54, 1.807) is 19.9 Å². The molecule has 144 valence electrons. The summed E-state index contributed by atoms with van der Waals surface area (Å²) in [6.45, 7) is 3.79. The molecule has 0 aliphatic heterocycles. The van der Waals surface area contributed by atoms with Crippen LogP contribution in [0.3, 0.4) is 0 Å². The fourth-order valence-corrected chi connectivity index (χ4v) is 3.01. The number of nitrogens with one attached hydrogen (secondary N) is 1. The molecule has 0 aliphatic rings. The lowest BCUT2D eigenvalue weighted by Gasteiger charge is -2.13. The Morgan fingerprint density at radius 3 is 2.85 bits per heavy atom. The predicted molar refractivity (Wildman–Crippen MR) is 91.1 cm³/mol. The number of carbonyl (C=O) groups is 1. The number of amides is 1. The molecule has 1 amide bonds. The van der Waals surface area contributed by atoms with Crippen LogP contribution < -0.4 is 5.32 Å². The standard InChI is InChI=1S/C16H16F3N5O2S/c1-9(8-24-10(2)6-12(22-24)16(17,18)19)7-20-14(25)15-21-13(23-26-15)11-4-3-5-27-11/h3-6,9H,7-8H2,1-2H3,(H,20,25). The molecule has 27 heavy (non-hydrogen) atoms. The van der Waals surface area contributed by atoms with Gasteiger partial charge in [-0.2, -0.15) is 23.3 Å². The van der Waals surface area contributed by atoms with Gasteiger partial charge in [0.25, 0.3) is 0 Å². The number of hydrogen-bond donors (Lipinski definition) is 1. The van der Waals surface area contributed by atoms with E-state index >= 15 is 0 Å². The number of aromatic nitrogens is 4. The Bertz CT molecular complexity index is 917. The van der Waals surface area contributed by atoms with Crippen molar-refractivity contribution in [2.24, 2.45) is 5.92 Å². The van der Waals surface area contributed by atoms with E-state index in [2.05, 4.69) is 20.6 Å². The minimum atomic E-state index is -4.48. The number of aryl methyl sites for hydroxylation is 1. The van der Waals surface area contributed by atoms with Crippen molar-refractivity contribution in [2.45, 2.75) is 26.6 Å². The van der Waals surface area contributed by atoms with E-state index in [0.29, 0.717) is 11.5 Å². The van der Waals surface area contributed by atoms with E-state index in [-0.39, 0.29) is 24.9 Å². The Kier molecular flexibility index (Phi) is 5.31. The van der Waals surface area contributed by atoms with Gasteiger partial charge in [-0.3, -0.25) is 9.48 Å². The van der Waals surface area contributed by atoms with Crippen molar-refractivity contribution in [2.75, 3.05) is 6.54 Å². The van der Waals surface area contributed by atoms with Crippen LogP contribution in [0.4, 0.5) is 13.2 Å². The highest BCUT2D eigenvalue weighted by molar-refractivity contribution is 7.13. The van der Waals surface area contributed by atoms with Crippen LogP contribution in [0.15, 0.2) is 28.1 Å². The minimum Gasteiger partial charge on any atom is -0.347 e. The quantitative estimate of drug-likeness (QED) is 0.687. The molecular weight excluding hydrogens is 383 g/mol. The topological polar surface area (TPSA) is 85.8 Å². The summed E-state index contributed by atoms with van der Waals surface area (Å²) in [5.74, 6) is -0.533. The highest BCUT2D eigenvalue weighted by Crippen LogP contribution is 2.28. The second-order valence-corrected chi connectivity index (χ2v) is 7.01. The summed E-state index contributed by atoms with van der Waals surface area (Å²) in [5, 5.41) is 11.8. The lowest BCUT2D eigenvalue weighted by Crippen LogP contribution is -2.30. The number of thiophene rings is 1. The molecule has 1 unspecified atom stereocenters. The minimum absolute atomic E-state index is 0.159. The van der Waals surface area contributed by atoms with Crippen molar-refractivity contribution >= 4 is 17.2 Å². The molecule has 1 atom stereocenters. The van der Waals surface area contributed by atoms with Crippen molar-refractivity contribution < 1.29 is 22.5 Å². The van der Waals surface area contributed by atoms with E-state index < -0.39 is 17.8 Å². The molecule has 0 bridgehead atoms. The molecule has 1 N–H and O–H groups in total. The van der Waals surface area contributed by atoms with Crippen LogP contribution >= 0.6 is 11.3 Å². The second kappa shape index (κ2) is 7.51. The zero-order chi connectivity index (χ0) is 19.6. The van der Waals surface area contributed by atoms with Crippen LogP contribution in [0.2, 0.25) is 0 Å². The predicted octanol–water partition coefficient (Wildman–Crippen LogP) is 3.39. The Balaban J connectivity index is 1.55. The molecular formula is C16H16F3N5O2S. The average molecular weight is 399 g/mol. The van der Waals surface area contributed by atoms with Crippen LogP contribution in [0.25, 0.3) is 10.7 Å². The van der Waals surface area contributed by atoms with Gasteiger partial charge in [-0.15, -0.1) is 11.3 Å². The maximum Gasteiger partial charge on any atom is 0.435 e. The third-order valence-electron chi connectivity index (χ3n) is 3.73. The van der Waals surface area contributed by atoms with E-state index in [1.807, 2.05) is 11.4 Å². The van der Waals surface area contributed by atoms with Crippen LogP contribution in [-0.4, -0.2) is 32.4 Å². The monoisotopic (exact) mass is 399 g/mol. The second-order valence-electron chi connectivity index (χ2n) is 6.07. The number of rotatable bonds is 6. The van der Waals surface area contributed by atoms with Crippen LogP contribution in [0.5, 0.6) is 0 Å². The summed E-state index contributed by atoms with van der Waals surface area (Å²) >= 11 is 1.42. The molecule has 3 aromatic rings. The normalized spacial score (nSPS) is 12.9. The van der Waals surface area contributed by atoms with Gasteiger partial charge in [-0.05, 0) is 30.4 Å². The van der Waals surface area contributed by atoms with Crippen molar-refractivity contribution in [3.8, 4) is 10.7 Å². The van der Waals surface area contributed by atoms with Crippen LogP contribution in [0.1, 0.15) is 29.0 Å². The average Bonchev–Trinajstić information content (AvgIpc) is 3.32. The first-order valence-corrected chi connectivity index (χ1v) is 8.89. The van der Waals surface area contributed by atoms with Crippen molar-refractivity contribution in [3.05, 3.63) is 40.9 Å². The van der Waals surface area contributed by atoms with Gasteiger partial charge in [0.1, 0.15) is 0 Å². The molecule has 3 aromatic heterocycles. The molecule has 0 saturated heterocycles. The summed E-state index contributed by atoms with van der Waals surface area (Å²) in [5.41, 5.74) is -0.527. The molecule has 0 radical (unpaired) electrons. The van der Waals surface area contributed by atoms with Crippen LogP contribution in [0, 0.1) is 12.8 Å². The zero-order valence-corrected chi connectivity index (χ0v) is 15.3. The summed E-state index contributed by atoms with van der Waals surface area (Å²) in [6.07, 6.45) is -4.48. The Morgan fingerprint density at radius 1 is 1.44 bits per heavy atom. The molecule has 0 spiro atoms. The number of halogens is 3. The SMILES string of the molecule is Cc1cc(C(F)(F)F)nn1CC(C)CNC(=O)c1nc(-c2cccs2)no1. The number of hydrogen-bond acceptors (Lipinski definition) is 6. The molecule has 0 saturated carbocycles. The van der Waals surface area contributed by atoms with Crippen LogP contribution in [-0.2, 0) is 12.7 Å². The van der Waals surface area contributed by atoms with Crippen molar-refractivity contribution in [3.63, 3.8) is 0 Å². The number of nitrogens with zero attached hydrogens (tertiary/aromatic N) is 4. The summed E-state index contributed by atoms with van der Waals surface area (Å²) in [6, 6.07) is 4.63. The summed E-state index contributed by atoms with van der Waals surface area (Å²) in [7, 11) is 0. The Hall–Kier alpha value is -2.69. The lowest BCUT2D eigenvalue weighted by molar-refractivity contribution is -0.141. The Labute approximate surface area is 156 Å². The van der Waals surface area contributed by atoms with Gasteiger partial charge >= 0.3 is 18.0 Å². The maximum absolute atomic E-state index is 12.7. The molecule has 0 fully saturated rings. The fourth-order valence-electron chi connectivity index (χ4n) is 2.36. The molecule has 3 rings (SSSR count). The molecule has 0 aromatic carbocycles. The van der Waals surface area contributed by atoms with Gasteiger partial charge in [-0.1, -0.05) is 18.1 Å². The first-order chi connectivity index (χ1) is 12.7. The third kappa shape index (κ3) is 4.54. The van der Waals surface area contributed by atoms with Gasteiger partial charge in [0.2, 0.25) is 5.82 Å². The smallest absolute Gasteiger partial charge is 0.347 e. The third-order valence-corrected chi connectivity index (χ3v) is 4.59. The molecule has 3 heterocycles. The largest absolute Gasteiger partial charge is 0.435 e. The number of alkyl halides is 3. The molecule has 11 heteroatoms. The van der Waals surface area contributed by atoms with Gasteiger partial charge in [0, 0.05) is 18.8 Å². The first kappa shape index (κ1) is 19.1. The van der Waals surface area contributed by atoms with E-state index in [4.69, 9.17) is 4.52 Å². The summed E-state index contributed by atoms with van der Waals surface area (Å²) < 4.78 is 44.4. The maximum atomic E-state index is 12.7. The van der Waals surface area contributed by atoms with Crippen molar-refractivity contribution in [1.29, 1.82) is 0 Å². The van der Waals surface area contributed by atoms with E-state index in [9.17, 15) is 18.0 Å². The zero-order valence-electron chi connectivity index (χ0n) is 14.4. The van der Waals surface area contributed by atoms with Gasteiger partial charge in [0.05, 0.1) is 4.88 Å². The molecule has 7 nitrogen and oxygen atoms in total. The first-order valence-electron chi connectivity index (χ1n) is 8.01. The molecule has 0 aliphatic carbocycles. The highest BCUT2D eigenvalue weighted by atomic mass is 32.1. The van der Waals surface area contributed by atoms with E-state index in [0.717, 1.165) is 10.9 Å². The lowest BCUT2D eigenvalue weighted by atomic mass is 10.2. The van der Waals surface area contributed by atoms with Gasteiger partial charge < -0.3 is 9.84 Å². The highest BCUT2D eigenvalue weighted by Gasteiger charge is 2.34. The van der Waals surface area contributed by atoms with Gasteiger partial charge in [0.15, 0.2) is 5.69 Å². The Morgan fingerprint density at radius 2 is 2.22 bits per heavy atom. The van der Waals surface area contributed by atoms with Gasteiger partial charge in [-0.25, -0.2) is 0 Å². The van der Waals surface area contributed by atoms with Crippen molar-refractivity contribution in [1.82, 2.24) is 25.2 Å².